The van der Waals surface area contributed by atoms with Crippen molar-refractivity contribution in [1.29, 1.82) is 0 Å². The molecule has 6 nitrogen and oxygen atoms in total. The molecule has 1 saturated carbocycles. The first-order valence-corrected chi connectivity index (χ1v) is 7.33. The summed E-state index contributed by atoms with van der Waals surface area (Å²) in [6, 6.07) is -0.776. The molecule has 2 N–H and O–H groups in total. The lowest BCUT2D eigenvalue weighted by molar-refractivity contribution is -0.142. The Bertz CT molecular complexity index is 514. The van der Waals surface area contributed by atoms with E-state index in [0.717, 1.165) is 24.1 Å². The zero-order valence-electron chi connectivity index (χ0n) is 12.7. The predicted octanol–water partition coefficient (Wildman–Crippen LogP) is 2.15. The first kappa shape index (κ1) is 15.5. The lowest BCUT2D eigenvalue weighted by Gasteiger charge is -2.16. The normalized spacial score (nSPS) is 17.3. The van der Waals surface area contributed by atoms with Gasteiger partial charge in [-0.15, -0.1) is 0 Å². The van der Waals surface area contributed by atoms with Gasteiger partial charge < -0.3 is 14.9 Å². The van der Waals surface area contributed by atoms with Crippen molar-refractivity contribution in [2.45, 2.75) is 58.4 Å². The number of nitrogens with one attached hydrogen (secondary N) is 1. The van der Waals surface area contributed by atoms with Gasteiger partial charge in [-0.1, -0.05) is 24.9 Å². The molecular weight excluding hydrogens is 272 g/mol. The van der Waals surface area contributed by atoms with Gasteiger partial charge in [0.1, 0.15) is 11.8 Å². The Morgan fingerprint density at radius 1 is 1.43 bits per heavy atom. The number of nitrogens with zero attached hydrogens (tertiary/aromatic N) is 1. The summed E-state index contributed by atoms with van der Waals surface area (Å²) in [5.41, 5.74) is 1.71. The summed E-state index contributed by atoms with van der Waals surface area (Å²) in [7, 11) is 0. The second-order valence-corrected chi connectivity index (χ2v) is 5.98. The molecule has 1 heterocycles. The molecule has 0 radical (unpaired) electrons. The molecule has 6 heteroatoms. The fourth-order valence-electron chi connectivity index (χ4n) is 2.74. The van der Waals surface area contributed by atoms with Crippen molar-refractivity contribution in [1.82, 2.24) is 10.5 Å². The molecule has 116 valence electrons. The zero-order chi connectivity index (χ0) is 15.6. The van der Waals surface area contributed by atoms with Crippen molar-refractivity contribution < 1.29 is 19.2 Å². The van der Waals surface area contributed by atoms with E-state index in [2.05, 4.69) is 10.5 Å². The van der Waals surface area contributed by atoms with Gasteiger partial charge in [-0.05, 0) is 32.1 Å². The number of rotatable bonds is 7. The maximum atomic E-state index is 12.1. The molecule has 2 rings (SSSR count). The lowest BCUT2D eigenvalue weighted by Crippen LogP contribution is -2.41. The van der Waals surface area contributed by atoms with E-state index >= 15 is 0 Å². The van der Waals surface area contributed by atoms with Crippen LogP contribution in [-0.4, -0.2) is 28.2 Å². The smallest absolute Gasteiger partial charge is 0.326 e. The van der Waals surface area contributed by atoms with Crippen LogP contribution in [0.5, 0.6) is 0 Å². The van der Waals surface area contributed by atoms with Crippen molar-refractivity contribution in [3.05, 3.63) is 17.0 Å². The highest BCUT2D eigenvalue weighted by Gasteiger charge is 2.30. The Labute approximate surface area is 123 Å². The molecule has 21 heavy (non-hydrogen) atoms. The summed E-state index contributed by atoms with van der Waals surface area (Å²) < 4.78 is 5.10. The second kappa shape index (κ2) is 6.28. The Hall–Kier alpha value is -1.85. The average molecular weight is 294 g/mol. The lowest BCUT2D eigenvalue weighted by atomic mass is 9.95. The maximum Gasteiger partial charge on any atom is 0.326 e. The minimum absolute atomic E-state index is 0.0494. The highest BCUT2D eigenvalue weighted by Crippen LogP contribution is 2.33. The zero-order valence-corrected chi connectivity index (χ0v) is 12.7. The topological polar surface area (TPSA) is 92.4 Å². The Morgan fingerprint density at radius 2 is 2.10 bits per heavy atom. The molecule has 1 aromatic heterocycles. The number of aryl methyl sites for hydroxylation is 2. The van der Waals surface area contributed by atoms with Crippen LogP contribution < -0.4 is 5.32 Å². The molecule has 0 spiro atoms. The summed E-state index contributed by atoms with van der Waals surface area (Å²) in [4.78, 5) is 23.2. The quantitative estimate of drug-likeness (QED) is 0.804. The van der Waals surface area contributed by atoms with Gasteiger partial charge >= 0.3 is 5.97 Å². The first-order valence-electron chi connectivity index (χ1n) is 7.33. The molecule has 0 aromatic carbocycles. The molecule has 2 unspecified atom stereocenters. The molecular formula is C15H22N2O4. The summed E-state index contributed by atoms with van der Waals surface area (Å²) in [6.45, 7) is 5.58. The molecule has 1 aromatic rings. The van der Waals surface area contributed by atoms with E-state index in [9.17, 15) is 9.59 Å². The van der Waals surface area contributed by atoms with Crippen LogP contribution in [0.15, 0.2) is 4.52 Å². The SMILES string of the molecule is Cc1noc(C)c1C(C)CC(=O)NC(CC1CC1)C(=O)O. The van der Waals surface area contributed by atoms with Gasteiger partial charge in [-0.3, -0.25) is 4.79 Å². The monoisotopic (exact) mass is 294 g/mol. The largest absolute Gasteiger partial charge is 0.480 e. The molecule has 1 aliphatic carbocycles. The van der Waals surface area contributed by atoms with Gasteiger partial charge in [0.25, 0.3) is 0 Å². The number of carbonyl (C=O) groups excluding carboxylic acids is 1. The fraction of sp³-hybridized carbons (Fsp3) is 0.667. The van der Waals surface area contributed by atoms with E-state index in [1.807, 2.05) is 20.8 Å². The van der Waals surface area contributed by atoms with Crippen LogP contribution in [0.3, 0.4) is 0 Å². The Morgan fingerprint density at radius 3 is 2.57 bits per heavy atom. The van der Waals surface area contributed by atoms with Crippen molar-refractivity contribution in [2.24, 2.45) is 5.92 Å². The summed E-state index contributed by atoms with van der Waals surface area (Å²) in [5.74, 6) is -0.0886. The van der Waals surface area contributed by atoms with Crippen LogP contribution in [0, 0.1) is 19.8 Å². The Kier molecular flexibility index (Phi) is 4.65. The van der Waals surface area contributed by atoms with E-state index in [-0.39, 0.29) is 18.2 Å². The standard InChI is InChI=1S/C15H22N2O4/c1-8(14-9(2)17-21-10(14)3)6-13(18)16-12(15(19)20)7-11-4-5-11/h8,11-12H,4-7H2,1-3H3,(H,16,18)(H,19,20). The van der Waals surface area contributed by atoms with Crippen LogP contribution in [-0.2, 0) is 9.59 Å². The van der Waals surface area contributed by atoms with Crippen LogP contribution in [0.1, 0.15) is 55.5 Å². The minimum Gasteiger partial charge on any atom is -0.480 e. The van der Waals surface area contributed by atoms with Gasteiger partial charge in [-0.2, -0.15) is 0 Å². The molecule has 0 bridgehead atoms. The predicted molar refractivity (Wildman–Crippen MR) is 75.9 cm³/mol. The average Bonchev–Trinajstić information content (AvgIpc) is 3.13. The van der Waals surface area contributed by atoms with Gasteiger partial charge in [0.15, 0.2) is 0 Å². The van der Waals surface area contributed by atoms with Gasteiger partial charge in [0.05, 0.1) is 5.69 Å². The van der Waals surface area contributed by atoms with Crippen LogP contribution in [0.2, 0.25) is 0 Å². The van der Waals surface area contributed by atoms with Gasteiger partial charge in [-0.25, -0.2) is 4.79 Å². The van der Waals surface area contributed by atoms with Crippen molar-refractivity contribution in [3.8, 4) is 0 Å². The van der Waals surface area contributed by atoms with Crippen molar-refractivity contribution >= 4 is 11.9 Å². The highest BCUT2D eigenvalue weighted by molar-refractivity contribution is 5.84. The third-order valence-electron chi connectivity index (χ3n) is 3.97. The van der Waals surface area contributed by atoms with E-state index in [1.165, 1.54) is 0 Å². The van der Waals surface area contributed by atoms with E-state index in [0.29, 0.717) is 18.1 Å². The van der Waals surface area contributed by atoms with E-state index in [4.69, 9.17) is 9.63 Å². The number of carboxylic acid groups (broad SMARTS) is 1. The van der Waals surface area contributed by atoms with Gasteiger partial charge in [0, 0.05) is 12.0 Å². The van der Waals surface area contributed by atoms with Crippen molar-refractivity contribution in [2.75, 3.05) is 0 Å². The number of aliphatic carboxylic acids is 1. The van der Waals surface area contributed by atoms with Crippen LogP contribution in [0.25, 0.3) is 0 Å². The number of carbonyl (C=O) groups is 2. The molecule has 1 fully saturated rings. The molecule has 2 atom stereocenters. The number of amides is 1. The number of carboxylic acids is 1. The van der Waals surface area contributed by atoms with Crippen LogP contribution >= 0.6 is 0 Å². The third-order valence-corrected chi connectivity index (χ3v) is 3.97. The summed E-state index contributed by atoms with van der Waals surface area (Å²) in [6.07, 6.45) is 2.89. The molecule has 0 aliphatic heterocycles. The second-order valence-electron chi connectivity index (χ2n) is 5.98. The van der Waals surface area contributed by atoms with Crippen LogP contribution in [0.4, 0.5) is 0 Å². The maximum absolute atomic E-state index is 12.1. The third kappa shape index (κ3) is 4.06. The first-order chi connectivity index (χ1) is 9.88. The summed E-state index contributed by atoms with van der Waals surface area (Å²) >= 11 is 0. The van der Waals surface area contributed by atoms with E-state index < -0.39 is 12.0 Å². The summed E-state index contributed by atoms with van der Waals surface area (Å²) in [5, 5.41) is 15.7. The molecule has 1 aliphatic rings. The van der Waals surface area contributed by atoms with E-state index in [1.54, 1.807) is 0 Å². The minimum atomic E-state index is -0.958. The number of aromatic nitrogens is 1. The molecule has 1 amide bonds. The van der Waals surface area contributed by atoms with Gasteiger partial charge in [0.2, 0.25) is 5.91 Å². The fourth-order valence-corrected chi connectivity index (χ4v) is 2.74. The number of hydrogen-bond acceptors (Lipinski definition) is 4. The number of hydrogen-bond donors (Lipinski definition) is 2. The highest BCUT2D eigenvalue weighted by atomic mass is 16.5. The molecule has 0 saturated heterocycles. The Balaban J connectivity index is 1.92. The van der Waals surface area contributed by atoms with Crippen molar-refractivity contribution in [3.63, 3.8) is 0 Å².